The van der Waals surface area contributed by atoms with Crippen LogP contribution in [-0.2, 0) is 10.5 Å². The van der Waals surface area contributed by atoms with Crippen LogP contribution in [0.5, 0.6) is 0 Å². The largest absolute Gasteiger partial charge is 0.465 e. The number of hydrogen-bond acceptors (Lipinski definition) is 2. The fraction of sp³-hybridized carbons (Fsp3) is 0.500. The van der Waals surface area contributed by atoms with Crippen molar-refractivity contribution in [2.75, 3.05) is 7.11 Å². The summed E-state index contributed by atoms with van der Waals surface area (Å²) in [4.78, 5) is 13.2. The molecule has 0 spiro atoms. The summed E-state index contributed by atoms with van der Waals surface area (Å²) in [5.41, 5.74) is 0.0417. The lowest BCUT2D eigenvalue weighted by Crippen LogP contribution is -2.51. The Morgan fingerprint density at radius 3 is 2.58 bits per heavy atom. The first-order chi connectivity index (χ1) is 9.06. The first-order valence-electron chi connectivity index (χ1n) is 6.39. The van der Waals surface area contributed by atoms with Gasteiger partial charge in [0.1, 0.15) is 0 Å². The Bertz CT molecular complexity index is 470. The minimum absolute atomic E-state index is 0.0772. The molecule has 1 saturated carbocycles. The molecular formula is C14H18INO3. The lowest BCUT2D eigenvalue weighted by atomic mass is 9.97. The molecule has 0 aliphatic heterocycles. The third-order valence-corrected chi connectivity index (χ3v) is 4.56. The van der Waals surface area contributed by atoms with Gasteiger partial charge in [-0.05, 0) is 47.9 Å². The van der Waals surface area contributed by atoms with Crippen LogP contribution in [0.1, 0.15) is 31.7 Å². The number of amides is 1. The van der Waals surface area contributed by atoms with Crippen LogP contribution in [0.2, 0.25) is 0 Å². The Hall–Kier alpha value is -0.820. The number of methoxy groups -OCH3 is 1. The maximum Gasteiger partial charge on any atom is 0.410 e. The zero-order valence-electron chi connectivity index (χ0n) is 11.1. The molecule has 1 aliphatic carbocycles. The van der Waals surface area contributed by atoms with Crippen LogP contribution in [0, 0.1) is 3.57 Å². The van der Waals surface area contributed by atoms with Gasteiger partial charge in [0.2, 0.25) is 0 Å². The van der Waals surface area contributed by atoms with Crippen LogP contribution in [0.3, 0.4) is 0 Å². The van der Waals surface area contributed by atoms with Crippen molar-refractivity contribution in [3.63, 3.8) is 0 Å². The van der Waals surface area contributed by atoms with Gasteiger partial charge in [-0.1, -0.05) is 25.1 Å². The van der Waals surface area contributed by atoms with Crippen LogP contribution in [0.25, 0.3) is 0 Å². The molecule has 0 heterocycles. The highest BCUT2D eigenvalue weighted by Gasteiger charge is 2.48. The fourth-order valence-corrected chi connectivity index (χ4v) is 3.37. The second kappa shape index (κ2) is 5.66. The van der Waals surface area contributed by atoms with E-state index in [1.165, 1.54) is 4.90 Å². The van der Waals surface area contributed by atoms with Crippen molar-refractivity contribution in [2.24, 2.45) is 0 Å². The molecule has 1 fully saturated rings. The molecule has 1 atom stereocenters. The van der Waals surface area contributed by atoms with Crippen molar-refractivity contribution in [1.29, 1.82) is 0 Å². The average molecular weight is 375 g/mol. The number of hydrogen-bond donors (Lipinski definition) is 1. The highest BCUT2D eigenvalue weighted by Crippen LogP contribution is 2.42. The third kappa shape index (κ3) is 2.58. The number of rotatable bonds is 5. The van der Waals surface area contributed by atoms with Crippen molar-refractivity contribution in [3.05, 3.63) is 33.4 Å². The first kappa shape index (κ1) is 14.6. The maximum atomic E-state index is 11.7. The number of nitrogens with zero attached hydrogens (tertiary/aromatic N) is 1. The Morgan fingerprint density at radius 2 is 2.16 bits per heavy atom. The summed E-state index contributed by atoms with van der Waals surface area (Å²) >= 11 is 2.23. The maximum absolute atomic E-state index is 11.7. The van der Waals surface area contributed by atoms with Crippen molar-refractivity contribution in [3.8, 4) is 0 Å². The van der Waals surface area contributed by atoms with Crippen LogP contribution in [0.15, 0.2) is 24.3 Å². The van der Waals surface area contributed by atoms with E-state index in [9.17, 15) is 9.90 Å². The zero-order chi connectivity index (χ0) is 14.0. The number of halogens is 1. The van der Waals surface area contributed by atoms with E-state index in [0.29, 0.717) is 6.42 Å². The number of ether oxygens (including phenoxy) is 1. The Balaban J connectivity index is 2.53. The van der Waals surface area contributed by atoms with E-state index in [0.717, 1.165) is 22.0 Å². The van der Waals surface area contributed by atoms with Gasteiger partial charge in [0.05, 0.1) is 0 Å². The molecule has 1 aromatic carbocycles. The van der Waals surface area contributed by atoms with Crippen LogP contribution in [-0.4, -0.2) is 29.3 Å². The van der Waals surface area contributed by atoms with E-state index in [1.807, 2.05) is 31.2 Å². The smallest absolute Gasteiger partial charge is 0.410 e. The molecule has 5 heteroatoms. The molecule has 0 radical (unpaired) electrons. The molecule has 0 unspecified atom stereocenters. The minimum atomic E-state index is -0.911. The minimum Gasteiger partial charge on any atom is -0.465 e. The monoisotopic (exact) mass is 375 g/mol. The first-order valence-corrected chi connectivity index (χ1v) is 7.47. The summed E-state index contributed by atoms with van der Waals surface area (Å²) in [6, 6.07) is 7.88. The summed E-state index contributed by atoms with van der Waals surface area (Å²) < 4.78 is 6.74. The Kier molecular flexibility index (Phi) is 4.35. The molecule has 4 nitrogen and oxygen atoms in total. The van der Waals surface area contributed by atoms with E-state index in [2.05, 4.69) is 22.6 Å². The van der Waals surface area contributed by atoms with Crippen LogP contribution in [0.4, 0.5) is 4.79 Å². The van der Waals surface area contributed by atoms with Crippen LogP contribution >= 0.6 is 22.6 Å². The van der Waals surface area contributed by atoms with Gasteiger partial charge in [-0.2, -0.15) is 0 Å². The van der Waals surface area contributed by atoms with Gasteiger partial charge in [-0.3, -0.25) is 4.90 Å². The van der Waals surface area contributed by atoms with Gasteiger partial charge < -0.3 is 9.84 Å². The summed E-state index contributed by atoms with van der Waals surface area (Å²) in [6.45, 7) is 1.96. The quantitative estimate of drug-likeness (QED) is 0.632. The molecule has 19 heavy (non-hydrogen) atoms. The topological polar surface area (TPSA) is 49.8 Å². The van der Waals surface area contributed by atoms with E-state index < -0.39 is 11.8 Å². The van der Waals surface area contributed by atoms with Crippen molar-refractivity contribution in [2.45, 2.75) is 38.0 Å². The third-order valence-electron chi connectivity index (χ3n) is 3.62. The molecule has 1 aliphatic rings. The SMILES string of the molecule is CC[C@@](OC)(c1ccccc1I)N(C(=O)O)C1CC1. The Labute approximate surface area is 126 Å². The number of benzene rings is 1. The predicted octanol–water partition coefficient (Wildman–Crippen LogP) is 3.64. The van der Waals surface area contributed by atoms with Crippen molar-refractivity contribution < 1.29 is 14.6 Å². The average Bonchev–Trinajstić information content (AvgIpc) is 3.20. The molecule has 0 saturated heterocycles. The lowest BCUT2D eigenvalue weighted by Gasteiger charge is -2.41. The second-order valence-electron chi connectivity index (χ2n) is 4.71. The van der Waals surface area contributed by atoms with Crippen LogP contribution < -0.4 is 0 Å². The van der Waals surface area contributed by atoms with E-state index in [1.54, 1.807) is 7.11 Å². The predicted molar refractivity (Wildman–Crippen MR) is 81.0 cm³/mol. The summed E-state index contributed by atoms with van der Waals surface area (Å²) in [7, 11) is 1.59. The van der Waals surface area contributed by atoms with E-state index in [4.69, 9.17) is 4.74 Å². The summed E-state index contributed by atoms with van der Waals surface area (Å²) in [6.07, 6.45) is 1.51. The summed E-state index contributed by atoms with van der Waals surface area (Å²) in [5.74, 6) is 0. The second-order valence-corrected chi connectivity index (χ2v) is 5.87. The standard InChI is InChI=1S/C14H18INO3/c1-3-14(19-2,11-6-4-5-7-12(11)15)16(13(17)18)10-8-9-10/h4-7,10H,3,8-9H2,1-2H3,(H,17,18)/t14-/m1/s1. The molecule has 0 bridgehead atoms. The van der Waals surface area contributed by atoms with Gasteiger partial charge in [0.15, 0.2) is 5.72 Å². The molecule has 1 N–H and O–H groups in total. The summed E-state index contributed by atoms with van der Waals surface area (Å²) in [5, 5.41) is 9.58. The number of carbonyl (C=O) groups is 1. The van der Waals surface area contributed by atoms with Gasteiger partial charge in [0.25, 0.3) is 0 Å². The molecule has 0 aromatic heterocycles. The fourth-order valence-electron chi connectivity index (χ4n) is 2.56. The van der Waals surface area contributed by atoms with Gasteiger partial charge in [0, 0.05) is 22.3 Å². The van der Waals surface area contributed by atoms with Gasteiger partial charge >= 0.3 is 6.09 Å². The highest BCUT2D eigenvalue weighted by molar-refractivity contribution is 14.1. The van der Waals surface area contributed by atoms with Crippen molar-refractivity contribution in [1.82, 2.24) is 4.90 Å². The molecule has 2 rings (SSSR count). The van der Waals surface area contributed by atoms with Gasteiger partial charge in [-0.25, -0.2) is 4.79 Å². The molecular weight excluding hydrogens is 357 g/mol. The number of carboxylic acid groups (broad SMARTS) is 1. The van der Waals surface area contributed by atoms with E-state index >= 15 is 0 Å². The normalized spacial score (nSPS) is 17.8. The van der Waals surface area contributed by atoms with Gasteiger partial charge in [-0.15, -0.1) is 0 Å². The molecule has 1 amide bonds. The zero-order valence-corrected chi connectivity index (χ0v) is 13.3. The lowest BCUT2D eigenvalue weighted by molar-refractivity contribution is -0.135. The molecule has 104 valence electrons. The van der Waals surface area contributed by atoms with E-state index in [-0.39, 0.29) is 6.04 Å². The highest BCUT2D eigenvalue weighted by atomic mass is 127. The Morgan fingerprint density at radius 1 is 1.53 bits per heavy atom. The van der Waals surface area contributed by atoms with Crippen molar-refractivity contribution >= 4 is 28.7 Å². The molecule has 1 aromatic rings.